The van der Waals surface area contributed by atoms with Crippen molar-refractivity contribution in [3.8, 4) is 11.3 Å². The fourth-order valence-corrected chi connectivity index (χ4v) is 1.39. The van der Waals surface area contributed by atoms with Crippen LogP contribution in [0.3, 0.4) is 0 Å². The van der Waals surface area contributed by atoms with Crippen LogP contribution in [-0.2, 0) is 26.7 Å². The van der Waals surface area contributed by atoms with Gasteiger partial charge < -0.3 is 5.73 Å². The Morgan fingerprint density at radius 2 is 1.93 bits per heavy atom. The van der Waals surface area contributed by atoms with Crippen molar-refractivity contribution in [2.45, 2.75) is 6.54 Å². The van der Waals surface area contributed by atoms with Gasteiger partial charge in [0.2, 0.25) is 0 Å². The number of hydrogen-bond acceptors (Lipinski definition) is 2. The number of aromatic nitrogens is 1. The van der Waals surface area contributed by atoms with Crippen LogP contribution in [0.4, 0.5) is 0 Å². The van der Waals surface area contributed by atoms with Crippen molar-refractivity contribution >= 4 is 0 Å². The largest absolute Gasteiger partial charge is 0.326 e. The van der Waals surface area contributed by atoms with Crippen molar-refractivity contribution in [1.29, 1.82) is 0 Å². The van der Waals surface area contributed by atoms with Gasteiger partial charge in [-0.25, -0.2) is 0 Å². The van der Waals surface area contributed by atoms with Crippen molar-refractivity contribution in [2.24, 2.45) is 5.73 Å². The number of nitrogens with zero attached hydrogens (tertiary/aromatic N) is 1. The molecule has 0 saturated carbocycles. The van der Waals surface area contributed by atoms with Gasteiger partial charge in [-0.1, -0.05) is 24.3 Å². The van der Waals surface area contributed by atoms with Gasteiger partial charge in [-0.3, -0.25) is 4.98 Å². The molecule has 0 aliphatic heterocycles. The van der Waals surface area contributed by atoms with E-state index in [0.29, 0.717) is 6.54 Å². The van der Waals surface area contributed by atoms with E-state index in [1.807, 2.05) is 36.4 Å². The van der Waals surface area contributed by atoms with Crippen LogP contribution >= 0.6 is 0 Å². The average Bonchev–Trinajstić information content (AvgIpc) is 2.30. The van der Waals surface area contributed by atoms with E-state index in [4.69, 9.17) is 5.73 Å². The maximum atomic E-state index is 5.58. The minimum atomic E-state index is 0. The Balaban J connectivity index is 0.00000112. The maximum Gasteiger partial charge on any atom is 0.0702 e. The topological polar surface area (TPSA) is 38.9 Å². The molecule has 0 aliphatic rings. The van der Waals surface area contributed by atoms with Gasteiger partial charge in [0.15, 0.2) is 0 Å². The van der Waals surface area contributed by atoms with Crippen molar-refractivity contribution in [1.82, 2.24) is 4.98 Å². The monoisotopic (exact) mass is 377 g/mol. The molecule has 1 aromatic carbocycles. The Morgan fingerprint density at radius 1 is 1.07 bits per heavy atom. The van der Waals surface area contributed by atoms with Crippen LogP contribution in [0, 0.1) is 0 Å². The van der Waals surface area contributed by atoms with E-state index in [0.717, 1.165) is 16.8 Å². The Bertz CT molecular complexity index is 415. The van der Waals surface area contributed by atoms with Gasteiger partial charge in [0, 0.05) is 38.4 Å². The summed E-state index contributed by atoms with van der Waals surface area (Å²) >= 11 is 0. The van der Waals surface area contributed by atoms with Crippen LogP contribution in [-0.4, -0.2) is 4.98 Å². The molecule has 2 rings (SSSR count). The van der Waals surface area contributed by atoms with E-state index < -0.39 is 0 Å². The minimum absolute atomic E-state index is 0. The molecule has 0 amide bonds. The number of rotatable bonds is 2. The van der Waals surface area contributed by atoms with Crippen molar-refractivity contribution < 1.29 is 20.1 Å². The van der Waals surface area contributed by atoms with Crippen LogP contribution in [0.25, 0.3) is 11.3 Å². The number of benzene rings is 1. The number of pyridine rings is 1. The van der Waals surface area contributed by atoms with Crippen LogP contribution in [0.15, 0.2) is 48.7 Å². The van der Waals surface area contributed by atoms with Crippen molar-refractivity contribution in [3.63, 3.8) is 0 Å². The molecule has 2 N–H and O–H groups in total. The molecule has 1 aromatic heterocycles. The van der Waals surface area contributed by atoms with Gasteiger partial charge in [0.1, 0.15) is 0 Å². The summed E-state index contributed by atoms with van der Waals surface area (Å²) in [6.07, 6.45) is 1.80. The molecule has 79 valence electrons. The zero-order valence-corrected chi connectivity index (χ0v) is 10.6. The standard InChI is InChI=1S/C12H12N2.Ir/c13-9-10-4-3-5-11(8-10)12-6-1-2-7-14-12;/h1-8H,9,13H2;. The smallest absolute Gasteiger partial charge is 0.0702 e. The van der Waals surface area contributed by atoms with E-state index in [9.17, 15) is 0 Å². The summed E-state index contributed by atoms with van der Waals surface area (Å²) in [5.74, 6) is 0. The van der Waals surface area contributed by atoms with E-state index >= 15 is 0 Å². The first-order chi connectivity index (χ1) is 6.90. The Labute approximate surface area is 103 Å². The zero-order valence-electron chi connectivity index (χ0n) is 8.18. The van der Waals surface area contributed by atoms with Crippen LogP contribution in [0.5, 0.6) is 0 Å². The van der Waals surface area contributed by atoms with Crippen LogP contribution in [0.2, 0.25) is 0 Å². The third-order valence-electron chi connectivity index (χ3n) is 2.12. The SMILES string of the molecule is NCc1cccc(-c2ccccn2)c1.[Ir]. The van der Waals surface area contributed by atoms with E-state index in [1.54, 1.807) is 6.20 Å². The predicted molar refractivity (Wildman–Crippen MR) is 57.6 cm³/mol. The van der Waals surface area contributed by atoms with Gasteiger partial charge in [-0.05, 0) is 23.8 Å². The van der Waals surface area contributed by atoms with Crippen LogP contribution in [0.1, 0.15) is 5.56 Å². The third-order valence-corrected chi connectivity index (χ3v) is 2.12. The second kappa shape index (κ2) is 5.76. The molecule has 2 nitrogen and oxygen atoms in total. The van der Waals surface area contributed by atoms with Crippen molar-refractivity contribution in [2.75, 3.05) is 0 Å². The van der Waals surface area contributed by atoms with Gasteiger partial charge in [0.25, 0.3) is 0 Å². The molecule has 3 heteroatoms. The summed E-state index contributed by atoms with van der Waals surface area (Å²) in [6.45, 7) is 0.570. The van der Waals surface area contributed by atoms with Crippen LogP contribution < -0.4 is 5.73 Å². The molecule has 2 aromatic rings. The Hall–Kier alpha value is -1.02. The van der Waals surface area contributed by atoms with Gasteiger partial charge >= 0.3 is 0 Å². The first kappa shape index (κ1) is 12.1. The third kappa shape index (κ3) is 2.96. The van der Waals surface area contributed by atoms with E-state index in [-0.39, 0.29) is 20.1 Å². The molecule has 0 atom stereocenters. The second-order valence-corrected chi connectivity index (χ2v) is 3.12. The molecule has 15 heavy (non-hydrogen) atoms. The average molecular weight is 376 g/mol. The minimum Gasteiger partial charge on any atom is -0.326 e. The van der Waals surface area contributed by atoms with Gasteiger partial charge in [-0.2, -0.15) is 0 Å². The summed E-state index contributed by atoms with van der Waals surface area (Å²) in [5.41, 5.74) is 8.82. The van der Waals surface area contributed by atoms with E-state index in [1.165, 1.54) is 0 Å². The molecule has 0 aliphatic carbocycles. The molecule has 0 spiro atoms. The predicted octanol–water partition coefficient (Wildman–Crippen LogP) is 2.20. The summed E-state index contributed by atoms with van der Waals surface area (Å²) in [7, 11) is 0. The summed E-state index contributed by atoms with van der Waals surface area (Å²) in [6, 6.07) is 14.0. The summed E-state index contributed by atoms with van der Waals surface area (Å²) in [5, 5.41) is 0. The fraction of sp³-hybridized carbons (Fsp3) is 0.0833. The van der Waals surface area contributed by atoms with E-state index in [2.05, 4.69) is 11.1 Å². The molecular formula is C12H12IrN2. The molecule has 0 fully saturated rings. The molecule has 0 unspecified atom stereocenters. The second-order valence-electron chi connectivity index (χ2n) is 3.12. The Morgan fingerprint density at radius 3 is 2.60 bits per heavy atom. The molecule has 1 heterocycles. The quantitative estimate of drug-likeness (QED) is 0.873. The Kier molecular flexibility index (Phi) is 4.63. The summed E-state index contributed by atoms with van der Waals surface area (Å²) < 4.78 is 0. The zero-order chi connectivity index (χ0) is 9.80. The van der Waals surface area contributed by atoms with Crippen molar-refractivity contribution in [3.05, 3.63) is 54.2 Å². The first-order valence-electron chi connectivity index (χ1n) is 4.60. The molecule has 1 radical (unpaired) electrons. The van der Waals surface area contributed by atoms with Gasteiger partial charge in [-0.15, -0.1) is 0 Å². The first-order valence-corrected chi connectivity index (χ1v) is 4.60. The molecular weight excluding hydrogens is 364 g/mol. The van der Waals surface area contributed by atoms with Gasteiger partial charge in [0.05, 0.1) is 5.69 Å². The maximum absolute atomic E-state index is 5.58. The molecule has 0 saturated heterocycles. The summed E-state index contributed by atoms with van der Waals surface area (Å²) in [4.78, 5) is 4.28. The molecule has 0 bridgehead atoms. The number of nitrogens with two attached hydrogens (primary N) is 1. The normalized spacial score (nSPS) is 9.40. The fourth-order valence-electron chi connectivity index (χ4n) is 1.39. The number of hydrogen-bond donors (Lipinski definition) is 1.